The molecule has 1 fully saturated rings. The van der Waals surface area contributed by atoms with Crippen molar-refractivity contribution in [3.05, 3.63) is 53.3 Å². The number of halogens is 1. The van der Waals surface area contributed by atoms with Gasteiger partial charge >= 0.3 is 0 Å². The molecule has 0 saturated carbocycles. The van der Waals surface area contributed by atoms with Gasteiger partial charge in [0, 0.05) is 24.6 Å². The number of hydrogen-bond acceptors (Lipinski definition) is 5. The predicted molar refractivity (Wildman–Crippen MR) is 110 cm³/mol. The maximum absolute atomic E-state index is 13.0. The van der Waals surface area contributed by atoms with Crippen LogP contribution in [0.5, 0.6) is 17.2 Å². The second-order valence-electron chi connectivity index (χ2n) is 7.24. The Morgan fingerprint density at radius 1 is 0.967 bits per heavy atom. The molecule has 0 spiro atoms. The van der Waals surface area contributed by atoms with E-state index < -0.39 is 0 Å². The molecule has 0 radical (unpaired) electrons. The zero-order valence-corrected chi connectivity index (χ0v) is 17.4. The Bertz CT molecular complexity index is 879. The third kappa shape index (κ3) is 4.72. The van der Waals surface area contributed by atoms with E-state index in [1.54, 1.807) is 29.2 Å². The number of carbonyl (C=O) groups excluding carboxylic acids is 2. The van der Waals surface area contributed by atoms with Gasteiger partial charge in [-0.05, 0) is 42.7 Å². The fourth-order valence-corrected chi connectivity index (χ4v) is 3.74. The third-order valence-corrected chi connectivity index (χ3v) is 5.44. The Balaban J connectivity index is 1.64. The summed E-state index contributed by atoms with van der Waals surface area (Å²) in [7, 11) is 4.54. The lowest BCUT2D eigenvalue weighted by Gasteiger charge is -2.31. The van der Waals surface area contributed by atoms with Gasteiger partial charge in [0.15, 0.2) is 17.3 Å². The van der Waals surface area contributed by atoms with Crippen molar-refractivity contribution in [3.8, 4) is 17.2 Å². The van der Waals surface area contributed by atoms with Gasteiger partial charge in [-0.2, -0.15) is 0 Å². The van der Waals surface area contributed by atoms with E-state index in [1.807, 2.05) is 0 Å². The minimum absolute atomic E-state index is 0.000105. The van der Waals surface area contributed by atoms with Crippen LogP contribution in [0.1, 0.15) is 28.8 Å². The molecule has 6 nitrogen and oxygen atoms in total. The number of ether oxygens (including phenoxy) is 3. The Hall–Kier alpha value is -3.09. The molecule has 1 amide bonds. The molecule has 0 atom stereocenters. The summed E-state index contributed by atoms with van der Waals surface area (Å²) >= 11 is 0. The van der Waals surface area contributed by atoms with Crippen LogP contribution in [0.4, 0.5) is 4.39 Å². The van der Waals surface area contributed by atoms with Gasteiger partial charge in [-0.1, -0.05) is 12.1 Å². The van der Waals surface area contributed by atoms with E-state index in [0.29, 0.717) is 48.7 Å². The van der Waals surface area contributed by atoms with Gasteiger partial charge in [0.05, 0.1) is 27.8 Å². The van der Waals surface area contributed by atoms with Crippen LogP contribution in [0.2, 0.25) is 0 Å². The fourth-order valence-electron chi connectivity index (χ4n) is 3.74. The highest BCUT2D eigenvalue weighted by Gasteiger charge is 2.29. The summed E-state index contributed by atoms with van der Waals surface area (Å²) in [6.45, 7) is 1.03. The first-order valence-electron chi connectivity index (χ1n) is 9.83. The van der Waals surface area contributed by atoms with Crippen molar-refractivity contribution in [3.63, 3.8) is 0 Å². The van der Waals surface area contributed by atoms with Gasteiger partial charge in [-0.15, -0.1) is 0 Å². The van der Waals surface area contributed by atoms with Crippen LogP contribution in [0.15, 0.2) is 36.4 Å². The lowest BCUT2D eigenvalue weighted by atomic mass is 9.88. The molecule has 1 aliphatic rings. The van der Waals surface area contributed by atoms with Crippen molar-refractivity contribution in [2.75, 3.05) is 34.4 Å². The van der Waals surface area contributed by atoms with Crippen LogP contribution in [0, 0.1) is 11.7 Å². The highest BCUT2D eigenvalue weighted by atomic mass is 19.1. The number of Topliss-reactive ketones (excluding diaryl/α,β-unsaturated/α-hetero) is 1. The molecule has 7 heteroatoms. The molecule has 0 bridgehead atoms. The van der Waals surface area contributed by atoms with Crippen molar-refractivity contribution in [1.29, 1.82) is 0 Å². The SMILES string of the molecule is COc1cc(C(=O)C2CCN(C(=O)Cc3ccc(F)cc3)CC2)cc(OC)c1OC. The molecule has 0 unspecified atom stereocenters. The fraction of sp³-hybridized carbons (Fsp3) is 0.391. The minimum atomic E-state index is -0.322. The second-order valence-corrected chi connectivity index (χ2v) is 7.24. The van der Waals surface area contributed by atoms with Crippen molar-refractivity contribution in [2.45, 2.75) is 19.3 Å². The molecule has 160 valence electrons. The van der Waals surface area contributed by atoms with Gasteiger partial charge in [-0.25, -0.2) is 4.39 Å². The number of nitrogens with zero attached hydrogens (tertiary/aromatic N) is 1. The van der Waals surface area contributed by atoms with Crippen LogP contribution in [0.3, 0.4) is 0 Å². The van der Waals surface area contributed by atoms with Crippen molar-refractivity contribution < 1.29 is 28.2 Å². The normalized spacial score (nSPS) is 14.3. The van der Waals surface area contributed by atoms with Gasteiger partial charge in [0.1, 0.15) is 5.82 Å². The highest BCUT2D eigenvalue weighted by Crippen LogP contribution is 2.39. The molecule has 2 aromatic carbocycles. The van der Waals surface area contributed by atoms with Crippen LogP contribution in [-0.2, 0) is 11.2 Å². The molecule has 1 aliphatic heterocycles. The maximum Gasteiger partial charge on any atom is 0.226 e. The molecule has 1 saturated heterocycles. The van der Waals surface area contributed by atoms with E-state index in [0.717, 1.165) is 5.56 Å². The molecule has 2 aromatic rings. The van der Waals surface area contributed by atoms with Gasteiger partial charge in [0.2, 0.25) is 11.7 Å². The molecule has 0 aliphatic carbocycles. The third-order valence-electron chi connectivity index (χ3n) is 5.44. The Morgan fingerprint density at radius 2 is 1.53 bits per heavy atom. The lowest BCUT2D eigenvalue weighted by molar-refractivity contribution is -0.131. The summed E-state index contributed by atoms with van der Waals surface area (Å²) in [6.07, 6.45) is 1.40. The molecular weight excluding hydrogens is 389 g/mol. The lowest BCUT2D eigenvalue weighted by Crippen LogP contribution is -2.41. The van der Waals surface area contributed by atoms with Crippen molar-refractivity contribution >= 4 is 11.7 Å². The number of hydrogen-bond donors (Lipinski definition) is 0. The van der Waals surface area contributed by atoms with Crippen LogP contribution in [0.25, 0.3) is 0 Å². The van der Waals surface area contributed by atoms with Gasteiger partial charge < -0.3 is 19.1 Å². The quantitative estimate of drug-likeness (QED) is 0.648. The number of ketones is 1. The van der Waals surface area contributed by atoms with Crippen molar-refractivity contribution in [1.82, 2.24) is 4.90 Å². The number of carbonyl (C=O) groups is 2. The average molecular weight is 415 g/mol. The van der Waals surface area contributed by atoms with E-state index in [-0.39, 0.29) is 29.8 Å². The second kappa shape index (κ2) is 9.61. The first kappa shape index (κ1) is 21.6. The molecule has 1 heterocycles. The van der Waals surface area contributed by atoms with Crippen LogP contribution >= 0.6 is 0 Å². The number of piperidine rings is 1. The number of methoxy groups -OCH3 is 3. The van der Waals surface area contributed by atoms with E-state index in [9.17, 15) is 14.0 Å². The monoisotopic (exact) mass is 415 g/mol. The Morgan fingerprint density at radius 3 is 2.03 bits per heavy atom. The standard InChI is InChI=1S/C23H26FNO5/c1-28-19-13-17(14-20(29-2)23(19)30-3)22(27)16-8-10-25(11-9-16)21(26)12-15-4-6-18(24)7-5-15/h4-7,13-14,16H,8-12H2,1-3H3. The first-order valence-corrected chi connectivity index (χ1v) is 9.83. The molecule has 0 aromatic heterocycles. The van der Waals surface area contributed by atoms with Crippen LogP contribution in [-0.4, -0.2) is 51.0 Å². The highest BCUT2D eigenvalue weighted by molar-refractivity contribution is 5.99. The molecule has 0 N–H and O–H groups in total. The average Bonchev–Trinajstić information content (AvgIpc) is 2.79. The summed E-state index contributed by atoms with van der Waals surface area (Å²) in [6, 6.07) is 9.27. The molecular formula is C23H26FNO5. The van der Waals surface area contributed by atoms with Gasteiger partial charge in [0.25, 0.3) is 0 Å². The molecule has 30 heavy (non-hydrogen) atoms. The summed E-state index contributed by atoms with van der Waals surface area (Å²) in [5, 5.41) is 0. The number of benzene rings is 2. The predicted octanol–water partition coefficient (Wildman–Crippen LogP) is 3.52. The van der Waals surface area contributed by atoms with Crippen LogP contribution < -0.4 is 14.2 Å². The minimum Gasteiger partial charge on any atom is -0.493 e. The van der Waals surface area contributed by atoms with Crippen molar-refractivity contribution in [2.24, 2.45) is 5.92 Å². The summed E-state index contributed by atoms with van der Waals surface area (Å²) in [4.78, 5) is 27.3. The zero-order valence-electron chi connectivity index (χ0n) is 17.4. The van der Waals surface area contributed by atoms with E-state index in [2.05, 4.69) is 0 Å². The van der Waals surface area contributed by atoms with E-state index >= 15 is 0 Å². The maximum atomic E-state index is 13.0. The number of rotatable bonds is 7. The summed E-state index contributed by atoms with van der Waals surface area (Å²) in [5.41, 5.74) is 1.28. The van der Waals surface area contributed by atoms with E-state index in [4.69, 9.17) is 14.2 Å². The largest absolute Gasteiger partial charge is 0.493 e. The topological polar surface area (TPSA) is 65.1 Å². The number of amides is 1. The smallest absolute Gasteiger partial charge is 0.226 e. The van der Waals surface area contributed by atoms with E-state index in [1.165, 1.54) is 33.5 Å². The van der Waals surface area contributed by atoms with Gasteiger partial charge in [-0.3, -0.25) is 9.59 Å². The Kier molecular flexibility index (Phi) is 6.92. The molecule has 3 rings (SSSR count). The zero-order chi connectivity index (χ0) is 21.7. The Labute approximate surface area is 175 Å². The summed E-state index contributed by atoms with van der Waals surface area (Å²) < 4.78 is 29.0. The first-order chi connectivity index (χ1) is 14.5. The summed E-state index contributed by atoms with van der Waals surface area (Å²) in [5.74, 6) is 0.803. The number of likely N-dealkylation sites (tertiary alicyclic amines) is 1.